The summed E-state index contributed by atoms with van der Waals surface area (Å²) in [4.78, 5) is 0. The fourth-order valence-corrected chi connectivity index (χ4v) is 2.15. The van der Waals surface area contributed by atoms with Gasteiger partial charge in [0.2, 0.25) is 0 Å². The molecule has 3 heteroatoms. The Bertz CT molecular complexity index is 611. The van der Waals surface area contributed by atoms with Crippen molar-refractivity contribution in [2.75, 3.05) is 0 Å². The second kappa shape index (κ2) is 5.57. The van der Waals surface area contributed by atoms with Crippen LogP contribution in [0.4, 0.5) is 0 Å². The average molecular weight is 252 g/mol. The zero-order valence-electron chi connectivity index (χ0n) is 10.7. The molecule has 0 aliphatic heterocycles. The van der Waals surface area contributed by atoms with Crippen molar-refractivity contribution in [1.29, 1.82) is 0 Å². The van der Waals surface area contributed by atoms with E-state index in [1.54, 1.807) is 6.26 Å². The van der Waals surface area contributed by atoms with Crippen molar-refractivity contribution in [2.24, 2.45) is 0 Å². The van der Waals surface area contributed by atoms with Crippen LogP contribution in [0.5, 0.6) is 0 Å². The highest BCUT2D eigenvalue weighted by molar-refractivity contribution is 5.54. The summed E-state index contributed by atoms with van der Waals surface area (Å²) < 4.78 is 7.33. The molecule has 2 aromatic heterocycles. The Kier molecular flexibility index (Phi) is 3.45. The maximum Gasteiger partial charge on any atom is 0.137 e. The zero-order chi connectivity index (χ0) is 12.9. The van der Waals surface area contributed by atoms with Crippen molar-refractivity contribution in [2.45, 2.75) is 19.4 Å². The number of nitrogens with zero attached hydrogens (tertiary/aromatic N) is 2. The maximum atomic E-state index is 5.35. The molecule has 3 aromatic rings. The Morgan fingerprint density at radius 1 is 1.05 bits per heavy atom. The summed E-state index contributed by atoms with van der Waals surface area (Å²) in [5.41, 5.74) is 2.41. The largest absolute Gasteiger partial charge is 0.464 e. The third-order valence-electron chi connectivity index (χ3n) is 3.13. The third kappa shape index (κ3) is 2.94. The van der Waals surface area contributed by atoms with E-state index < -0.39 is 0 Å². The van der Waals surface area contributed by atoms with Gasteiger partial charge in [0, 0.05) is 12.7 Å². The molecule has 0 unspecified atom stereocenters. The standard InChI is InChI=1S/C16H16N2O/c1-2-6-14(7-3-1)8-4-10-18-13-15(12-17-18)16-9-5-11-19-16/h1-3,5-7,9,11-13H,4,8,10H2. The number of aromatic nitrogens is 2. The molecule has 3 rings (SSSR count). The molecule has 0 fully saturated rings. The van der Waals surface area contributed by atoms with Crippen LogP contribution in [0.1, 0.15) is 12.0 Å². The number of benzene rings is 1. The molecule has 2 heterocycles. The predicted molar refractivity (Wildman–Crippen MR) is 74.7 cm³/mol. The molecule has 0 bridgehead atoms. The molecule has 0 saturated carbocycles. The molecule has 3 nitrogen and oxygen atoms in total. The van der Waals surface area contributed by atoms with Crippen LogP contribution in [-0.4, -0.2) is 9.78 Å². The van der Waals surface area contributed by atoms with Gasteiger partial charge in [0.25, 0.3) is 0 Å². The minimum Gasteiger partial charge on any atom is -0.464 e. The SMILES string of the molecule is c1ccc(CCCn2cc(-c3ccco3)cn2)cc1. The summed E-state index contributed by atoms with van der Waals surface area (Å²) in [6.07, 6.45) is 7.73. The molecule has 0 aliphatic carbocycles. The number of aryl methyl sites for hydroxylation is 2. The van der Waals surface area contributed by atoms with Gasteiger partial charge < -0.3 is 4.42 Å². The first-order chi connectivity index (χ1) is 9.42. The molecule has 1 aromatic carbocycles. The summed E-state index contributed by atoms with van der Waals surface area (Å²) in [7, 11) is 0. The Balaban J connectivity index is 1.56. The highest BCUT2D eigenvalue weighted by Gasteiger charge is 2.03. The lowest BCUT2D eigenvalue weighted by Gasteiger charge is -2.01. The minimum absolute atomic E-state index is 0.870. The molecule has 0 saturated heterocycles. The van der Waals surface area contributed by atoms with Crippen LogP contribution in [0.15, 0.2) is 65.5 Å². The Morgan fingerprint density at radius 2 is 1.95 bits per heavy atom. The smallest absolute Gasteiger partial charge is 0.137 e. The Labute approximate surface area is 112 Å². The fraction of sp³-hybridized carbons (Fsp3) is 0.188. The van der Waals surface area contributed by atoms with Gasteiger partial charge in [0.05, 0.1) is 18.0 Å². The van der Waals surface area contributed by atoms with Crippen molar-refractivity contribution < 1.29 is 4.42 Å². The van der Waals surface area contributed by atoms with E-state index in [2.05, 4.69) is 29.4 Å². The summed E-state index contributed by atoms with van der Waals surface area (Å²) in [5.74, 6) is 0.870. The highest BCUT2D eigenvalue weighted by atomic mass is 16.3. The van der Waals surface area contributed by atoms with E-state index >= 15 is 0 Å². The van der Waals surface area contributed by atoms with Crippen LogP contribution in [-0.2, 0) is 13.0 Å². The van der Waals surface area contributed by atoms with Gasteiger partial charge in [-0.15, -0.1) is 0 Å². The molecule has 0 amide bonds. The van der Waals surface area contributed by atoms with E-state index in [9.17, 15) is 0 Å². The van der Waals surface area contributed by atoms with Crippen molar-refractivity contribution in [1.82, 2.24) is 9.78 Å². The maximum absolute atomic E-state index is 5.35. The van der Waals surface area contributed by atoms with Crippen LogP contribution in [0.2, 0.25) is 0 Å². The molecular formula is C16H16N2O. The van der Waals surface area contributed by atoms with Crippen molar-refractivity contribution in [3.8, 4) is 11.3 Å². The molecule has 0 aliphatic rings. The van der Waals surface area contributed by atoms with Crippen molar-refractivity contribution in [3.05, 3.63) is 66.7 Å². The van der Waals surface area contributed by atoms with Gasteiger partial charge in [-0.3, -0.25) is 4.68 Å². The first-order valence-corrected chi connectivity index (χ1v) is 6.52. The lowest BCUT2D eigenvalue weighted by Crippen LogP contribution is -1.99. The number of hydrogen-bond acceptors (Lipinski definition) is 2. The number of furan rings is 1. The number of rotatable bonds is 5. The quantitative estimate of drug-likeness (QED) is 0.692. The second-order valence-corrected chi connectivity index (χ2v) is 4.56. The van der Waals surface area contributed by atoms with Gasteiger partial charge in [0.1, 0.15) is 5.76 Å². The van der Waals surface area contributed by atoms with Gasteiger partial charge >= 0.3 is 0 Å². The molecule has 19 heavy (non-hydrogen) atoms. The van der Waals surface area contributed by atoms with Crippen LogP contribution < -0.4 is 0 Å². The summed E-state index contributed by atoms with van der Waals surface area (Å²) in [6.45, 7) is 0.926. The van der Waals surface area contributed by atoms with Gasteiger partial charge in [-0.25, -0.2) is 0 Å². The predicted octanol–water partition coefficient (Wildman–Crippen LogP) is 3.78. The monoisotopic (exact) mass is 252 g/mol. The van der Waals surface area contributed by atoms with E-state index in [0.29, 0.717) is 0 Å². The van der Waals surface area contributed by atoms with Crippen LogP contribution in [0.3, 0.4) is 0 Å². The minimum atomic E-state index is 0.870. The van der Waals surface area contributed by atoms with E-state index in [0.717, 1.165) is 30.7 Å². The lowest BCUT2D eigenvalue weighted by atomic mass is 10.1. The molecule has 0 N–H and O–H groups in total. The van der Waals surface area contributed by atoms with Crippen LogP contribution >= 0.6 is 0 Å². The number of hydrogen-bond donors (Lipinski definition) is 0. The van der Waals surface area contributed by atoms with Gasteiger partial charge in [0.15, 0.2) is 0 Å². The van der Waals surface area contributed by atoms with Crippen molar-refractivity contribution in [3.63, 3.8) is 0 Å². The van der Waals surface area contributed by atoms with E-state index in [1.165, 1.54) is 5.56 Å². The van der Waals surface area contributed by atoms with Crippen LogP contribution in [0, 0.1) is 0 Å². The summed E-state index contributed by atoms with van der Waals surface area (Å²) in [6, 6.07) is 14.4. The molecule has 0 atom stereocenters. The molecule has 0 spiro atoms. The summed E-state index contributed by atoms with van der Waals surface area (Å²) in [5, 5.41) is 4.36. The van der Waals surface area contributed by atoms with Gasteiger partial charge in [-0.05, 0) is 30.5 Å². The zero-order valence-corrected chi connectivity index (χ0v) is 10.7. The van der Waals surface area contributed by atoms with Crippen molar-refractivity contribution >= 4 is 0 Å². The topological polar surface area (TPSA) is 31.0 Å². The molecule has 0 radical (unpaired) electrons. The second-order valence-electron chi connectivity index (χ2n) is 4.56. The van der Waals surface area contributed by atoms with E-state index in [-0.39, 0.29) is 0 Å². The first-order valence-electron chi connectivity index (χ1n) is 6.52. The fourth-order valence-electron chi connectivity index (χ4n) is 2.15. The Hall–Kier alpha value is -2.29. The van der Waals surface area contributed by atoms with Gasteiger partial charge in [-0.2, -0.15) is 5.10 Å². The highest BCUT2D eigenvalue weighted by Crippen LogP contribution is 2.18. The van der Waals surface area contributed by atoms with E-state index in [4.69, 9.17) is 4.42 Å². The average Bonchev–Trinajstić information content (AvgIpc) is 3.10. The normalized spacial score (nSPS) is 10.7. The first kappa shape index (κ1) is 11.8. The third-order valence-corrected chi connectivity index (χ3v) is 3.13. The lowest BCUT2D eigenvalue weighted by molar-refractivity contribution is 0.575. The summed E-state index contributed by atoms with van der Waals surface area (Å²) >= 11 is 0. The van der Waals surface area contributed by atoms with Gasteiger partial charge in [-0.1, -0.05) is 30.3 Å². The molecular weight excluding hydrogens is 236 g/mol. The van der Waals surface area contributed by atoms with Crippen LogP contribution in [0.25, 0.3) is 11.3 Å². The molecule has 96 valence electrons. The van der Waals surface area contributed by atoms with E-state index in [1.807, 2.05) is 35.3 Å². The Morgan fingerprint density at radius 3 is 2.74 bits per heavy atom.